The molecule has 0 radical (unpaired) electrons. The van der Waals surface area contributed by atoms with Gasteiger partial charge in [-0.2, -0.15) is 0 Å². The van der Waals surface area contributed by atoms with Crippen molar-refractivity contribution in [3.8, 4) is 11.5 Å². The number of anilines is 1. The van der Waals surface area contributed by atoms with Crippen LogP contribution in [-0.4, -0.2) is 35.6 Å². The molecule has 0 spiro atoms. The summed E-state index contributed by atoms with van der Waals surface area (Å²) in [6.45, 7) is 1.01. The molecule has 136 valence electrons. The summed E-state index contributed by atoms with van der Waals surface area (Å²) in [5, 5.41) is 23.1. The molecule has 0 saturated heterocycles. The lowest BCUT2D eigenvalue weighted by Crippen LogP contribution is -2.21. The third-order valence-electron chi connectivity index (χ3n) is 3.38. The van der Waals surface area contributed by atoms with E-state index in [9.17, 15) is 24.8 Å². The minimum atomic E-state index is -0.918. The quantitative estimate of drug-likeness (QED) is 0.460. The van der Waals surface area contributed by atoms with Crippen LogP contribution in [0.15, 0.2) is 36.4 Å². The van der Waals surface area contributed by atoms with Crippen LogP contribution in [0, 0.1) is 17.0 Å². The van der Waals surface area contributed by atoms with E-state index in [4.69, 9.17) is 9.47 Å². The van der Waals surface area contributed by atoms with Gasteiger partial charge in [-0.3, -0.25) is 14.9 Å². The second kappa shape index (κ2) is 7.97. The molecule has 0 fully saturated rings. The lowest BCUT2D eigenvalue weighted by molar-refractivity contribution is -0.384. The van der Waals surface area contributed by atoms with Crippen molar-refractivity contribution >= 4 is 23.3 Å². The number of hydrogen-bond donors (Lipinski definition) is 2. The number of aryl methyl sites for hydroxylation is 1. The average Bonchev–Trinajstić information content (AvgIpc) is 2.60. The Hall–Kier alpha value is -3.62. The molecule has 0 aliphatic heterocycles. The number of methoxy groups -OCH3 is 1. The van der Waals surface area contributed by atoms with Gasteiger partial charge in [-0.15, -0.1) is 0 Å². The molecule has 0 aromatic heterocycles. The van der Waals surface area contributed by atoms with Gasteiger partial charge in [0.2, 0.25) is 0 Å². The third-order valence-corrected chi connectivity index (χ3v) is 3.38. The Morgan fingerprint density at radius 1 is 1.23 bits per heavy atom. The Bertz CT molecular complexity index is 864. The second-order valence-corrected chi connectivity index (χ2v) is 5.29. The molecule has 9 nitrogen and oxygen atoms in total. The normalized spacial score (nSPS) is 10.1. The largest absolute Gasteiger partial charge is 0.507 e. The first-order chi connectivity index (χ1) is 12.3. The predicted molar refractivity (Wildman–Crippen MR) is 91.4 cm³/mol. The zero-order valence-electron chi connectivity index (χ0n) is 14.0. The molecular weight excluding hydrogens is 344 g/mol. The Morgan fingerprint density at radius 2 is 1.96 bits per heavy atom. The molecule has 1 amide bonds. The molecular formula is C17H16N2O7. The number of benzene rings is 2. The number of hydrogen-bond acceptors (Lipinski definition) is 7. The number of phenolic OH excluding ortho intramolecular Hbond substituents is 1. The summed E-state index contributed by atoms with van der Waals surface area (Å²) in [7, 11) is 1.40. The lowest BCUT2D eigenvalue weighted by Gasteiger charge is -2.09. The van der Waals surface area contributed by atoms with E-state index in [0.717, 1.165) is 0 Å². The molecule has 0 saturated carbocycles. The zero-order valence-corrected chi connectivity index (χ0v) is 14.0. The SMILES string of the molecule is COc1ccc(C(=O)OCC(=O)Nc2ccc(C)cc2[N+](=O)[O-])c(O)c1. The Kier molecular flexibility index (Phi) is 5.74. The van der Waals surface area contributed by atoms with E-state index in [2.05, 4.69) is 5.32 Å². The fourth-order valence-corrected chi connectivity index (χ4v) is 2.10. The number of amides is 1. The molecule has 0 aliphatic rings. The van der Waals surface area contributed by atoms with E-state index in [1.54, 1.807) is 13.0 Å². The molecule has 0 aliphatic carbocycles. The van der Waals surface area contributed by atoms with Gasteiger partial charge >= 0.3 is 5.97 Å². The molecule has 0 bridgehead atoms. The number of nitro groups is 1. The summed E-state index contributed by atoms with van der Waals surface area (Å²) >= 11 is 0. The molecule has 2 N–H and O–H groups in total. The van der Waals surface area contributed by atoms with Crippen LogP contribution in [0.25, 0.3) is 0 Å². The number of carbonyl (C=O) groups is 2. The molecule has 9 heteroatoms. The van der Waals surface area contributed by atoms with Crippen molar-refractivity contribution in [1.82, 2.24) is 0 Å². The van der Waals surface area contributed by atoms with Crippen LogP contribution >= 0.6 is 0 Å². The van der Waals surface area contributed by atoms with E-state index in [-0.39, 0.29) is 22.7 Å². The number of esters is 1. The van der Waals surface area contributed by atoms with Crippen molar-refractivity contribution in [2.45, 2.75) is 6.92 Å². The number of aromatic hydroxyl groups is 1. The van der Waals surface area contributed by atoms with Crippen molar-refractivity contribution in [3.05, 3.63) is 57.6 Å². The molecule has 2 rings (SSSR count). The van der Waals surface area contributed by atoms with Crippen molar-refractivity contribution in [1.29, 1.82) is 0 Å². The third kappa shape index (κ3) is 4.47. The highest BCUT2D eigenvalue weighted by Crippen LogP contribution is 2.26. The highest BCUT2D eigenvalue weighted by Gasteiger charge is 2.18. The zero-order chi connectivity index (χ0) is 19.3. The summed E-state index contributed by atoms with van der Waals surface area (Å²) in [6.07, 6.45) is 0. The molecule has 0 heterocycles. The number of nitrogens with one attached hydrogen (secondary N) is 1. The number of nitro benzene ring substituents is 1. The van der Waals surface area contributed by atoms with Gasteiger partial charge in [0, 0.05) is 12.1 Å². The Balaban J connectivity index is 2.01. The molecule has 2 aromatic rings. The summed E-state index contributed by atoms with van der Waals surface area (Å²) in [5.41, 5.74) is 0.252. The first-order valence-corrected chi connectivity index (χ1v) is 7.41. The van der Waals surface area contributed by atoms with Crippen LogP contribution in [0.4, 0.5) is 11.4 Å². The van der Waals surface area contributed by atoms with Gasteiger partial charge in [0.1, 0.15) is 22.7 Å². The maximum atomic E-state index is 11.9. The first-order valence-electron chi connectivity index (χ1n) is 7.41. The van der Waals surface area contributed by atoms with E-state index in [1.165, 1.54) is 37.4 Å². The van der Waals surface area contributed by atoms with Crippen molar-refractivity contribution < 1.29 is 29.1 Å². The monoisotopic (exact) mass is 360 g/mol. The Labute approximate surface area is 148 Å². The number of carbonyl (C=O) groups excluding carboxylic acids is 2. The first kappa shape index (κ1) is 18.7. The maximum absolute atomic E-state index is 11.9. The number of nitrogens with zero attached hydrogens (tertiary/aromatic N) is 1. The summed E-state index contributed by atoms with van der Waals surface area (Å²) in [6, 6.07) is 8.28. The van der Waals surface area contributed by atoms with Crippen molar-refractivity contribution in [2.24, 2.45) is 0 Å². The smallest absolute Gasteiger partial charge is 0.342 e. The molecule has 0 unspecified atom stereocenters. The number of phenols is 1. The van der Waals surface area contributed by atoms with Crippen LogP contribution < -0.4 is 10.1 Å². The van der Waals surface area contributed by atoms with Crippen molar-refractivity contribution in [2.75, 3.05) is 19.0 Å². The Morgan fingerprint density at radius 3 is 2.58 bits per heavy atom. The maximum Gasteiger partial charge on any atom is 0.342 e. The van der Waals surface area contributed by atoms with Gasteiger partial charge in [0.05, 0.1) is 12.0 Å². The second-order valence-electron chi connectivity index (χ2n) is 5.29. The summed E-state index contributed by atoms with van der Waals surface area (Å²) in [4.78, 5) is 34.2. The minimum Gasteiger partial charge on any atom is -0.507 e. The van der Waals surface area contributed by atoms with E-state index < -0.39 is 23.4 Å². The van der Waals surface area contributed by atoms with E-state index in [0.29, 0.717) is 11.3 Å². The van der Waals surface area contributed by atoms with Crippen LogP contribution in [0.5, 0.6) is 11.5 Å². The fourth-order valence-electron chi connectivity index (χ4n) is 2.10. The van der Waals surface area contributed by atoms with E-state index >= 15 is 0 Å². The van der Waals surface area contributed by atoms with Crippen LogP contribution in [0.3, 0.4) is 0 Å². The van der Waals surface area contributed by atoms with E-state index in [1.807, 2.05) is 0 Å². The minimum absolute atomic E-state index is 0.00561. The number of ether oxygens (including phenoxy) is 2. The van der Waals surface area contributed by atoms with Gasteiger partial charge in [-0.05, 0) is 30.7 Å². The molecule has 26 heavy (non-hydrogen) atoms. The molecule has 2 aromatic carbocycles. The van der Waals surface area contributed by atoms with Crippen molar-refractivity contribution in [3.63, 3.8) is 0 Å². The highest BCUT2D eigenvalue weighted by molar-refractivity contribution is 5.97. The number of rotatable bonds is 6. The average molecular weight is 360 g/mol. The summed E-state index contributed by atoms with van der Waals surface area (Å²) < 4.78 is 9.72. The van der Waals surface area contributed by atoms with Gasteiger partial charge in [-0.1, -0.05) is 6.07 Å². The van der Waals surface area contributed by atoms with Crippen LogP contribution in [0.2, 0.25) is 0 Å². The van der Waals surface area contributed by atoms with Gasteiger partial charge in [0.25, 0.3) is 11.6 Å². The van der Waals surface area contributed by atoms with Crippen LogP contribution in [-0.2, 0) is 9.53 Å². The summed E-state index contributed by atoms with van der Waals surface area (Å²) in [5.74, 6) is -1.68. The topological polar surface area (TPSA) is 128 Å². The van der Waals surface area contributed by atoms with Gasteiger partial charge in [0.15, 0.2) is 6.61 Å². The predicted octanol–water partition coefficient (Wildman–Crippen LogP) is 2.41. The standard InChI is InChI=1S/C17H16N2O7/c1-10-3-6-13(14(7-10)19(23)24)18-16(21)9-26-17(22)12-5-4-11(25-2)8-15(12)20/h3-8,20H,9H2,1-2H3,(H,18,21). The van der Waals surface area contributed by atoms with Gasteiger partial charge < -0.3 is 19.9 Å². The lowest BCUT2D eigenvalue weighted by atomic mass is 10.2. The highest BCUT2D eigenvalue weighted by atomic mass is 16.6. The molecule has 0 atom stereocenters. The fraction of sp³-hybridized carbons (Fsp3) is 0.176. The van der Waals surface area contributed by atoms with Gasteiger partial charge in [-0.25, -0.2) is 4.79 Å². The van der Waals surface area contributed by atoms with Crippen LogP contribution in [0.1, 0.15) is 15.9 Å².